The number of hydrogen-bond donors (Lipinski definition) is 1. The van der Waals surface area contributed by atoms with E-state index in [0.29, 0.717) is 11.8 Å². The first-order chi connectivity index (χ1) is 9.50. The van der Waals surface area contributed by atoms with Crippen LogP contribution in [0.3, 0.4) is 0 Å². The number of carbonyl (C=O) groups is 1. The minimum atomic E-state index is -0.0212. The van der Waals surface area contributed by atoms with Crippen molar-refractivity contribution in [2.45, 2.75) is 39.9 Å². The van der Waals surface area contributed by atoms with Crippen molar-refractivity contribution < 1.29 is 9.53 Å². The smallest absolute Gasteiger partial charge is 0.241 e. The largest absolute Gasteiger partial charge is 0.379 e. The molecule has 116 valence electrons. The van der Waals surface area contributed by atoms with Crippen LogP contribution >= 0.6 is 0 Å². The zero-order chi connectivity index (χ0) is 14.7. The summed E-state index contributed by atoms with van der Waals surface area (Å²) in [5.74, 6) is 1.05. The Hall–Kier alpha value is -0.650. The van der Waals surface area contributed by atoms with Crippen molar-refractivity contribution in [3.8, 4) is 0 Å². The Bertz CT molecular complexity index is 327. The van der Waals surface area contributed by atoms with Gasteiger partial charge in [-0.25, -0.2) is 0 Å². The van der Waals surface area contributed by atoms with Crippen LogP contribution in [0.1, 0.15) is 27.7 Å². The molecule has 1 N–H and O–H groups in total. The van der Waals surface area contributed by atoms with E-state index in [1.54, 1.807) is 0 Å². The number of nitrogens with one attached hydrogen (secondary N) is 1. The van der Waals surface area contributed by atoms with Gasteiger partial charge in [-0.1, -0.05) is 27.7 Å². The summed E-state index contributed by atoms with van der Waals surface area (Å²) in [5, 5.41) is 3.51. The summed E-state index contributed by atoms with van der Waals surface area (Å²) in [6.45, 7) is 13.9. The second kappa shape index (κ2) is 6.87. The molecule has 2 heterocycles. The van der Waals surface area contributed by atoms with E-state index in [1.165, 1.54) is 0 Å². The minimum Gasteiger partial charge on any atom is -0.379 e. The van der Waals surface area contributed by atoms with Crippen LogP contribution in [0.25, 0.3) is 0 Å². The van der Waals surface area contributed by atoms with Crippen molar-refractivity contribution in [1.29, 1.82) is 0 Å². The van der Waals surface area contributed by atoms with Crippen LogP contribution < -0.4 is 5.32 Å². The predicted molar refractivity (Wildman–Crippen MR) is 79.4 cm³/mol. The lowest BCUT2D eigenvalue weighted by molar-refractivity contribution is -0.131. The van der Waals surface area contributed by atoms with Crippen molar-refractivity contribution in [2.24, 2.45) is 11.8 Å². The molecule has 2 fully saturated rings. The Labute approximate surface area is 122 Å². The Morgan fingerprint density at radius 1 is 1.15 bits per heavy atom. The lowest BCUT2D eigenvalue weighted by atomic mass is 10.0. The minimum absolute atomic E-state index is 0.0212. The second-order valence-corrected chi connectivity index (χ2v) is 6.56. The fourth-order valence-electron chi connectivity index (χ4n) is 3.01. The van der Waals surface area contributed by atoms with E-state index >= 15 is 0 Å². The maximum atomic E-state index is 12.6. The first kappa shape index (κ1) is 15.7. The fraction of sp³-hybridized carbons (Fsp3) is 0.933. The summed E-state index contributed by atoms with van der Waals surface area (Å²) in [5.41, 5.74) is 0. The quantitative estimate of drug-likeness (QED) is 0.809. The molecule has 2 aliphatic rings. The van der Waals surface area contributed by atoms with Crippen LogP contribution in [0, 0.1) is 11.8 Å². The highest BCUT2D eigenvalue weighted by molar-refractivity contribution is 5.84. The molecule has 0 aliphatic carbocycles. The van der Waals surface area contributed by atoms with E-state index in [9.17, 15) is 4.79 Å². The molecule has 2 rings (SSSR count). The van der Waals surface area contributed by atoms with Gasteiger partial charge in [-0.05, 0) is 11.8 Å². The Balaban J connectivity index is 1.94. The molecule has 2 saturated heterocycles. The average molecular weight is 283 g/mol. The third kappa shape index (κ3) is 3.51. The first-order valence-electron chi connectivity index (χ1n) is 7.87. The summed E-state index contributed by atoms with van der Waals surface area (Å²) < 4.78 is 5.37. The molecule has 2 atom stereocenters. The highest BCUT2D eigenvalue weighted by Crippen LogP contribution is 2.21. The van der Waals surface area contributed by atoms with Crippen LogP contribution in [0.2, 0.25) is 0 Å². The van der Waals surface area contributed by atoms with Crippen LogP contribution in [0.15, 0.2) is 0 Å². The van der Waals surface area contributed by atoms with Crippen LogP contribution in [-0.2, 0) is 9.53 Å². The van der Waals surface area contributed by atoms with Gasteiger partial charge in [0.1, 0.15) is 0 Å². The highest BCUT2D eigenvalue weighted by atomic mass is 16.5. The van der Waals surface area contributed by atoms with E-state index in [4.69, 9.17) is 4.74 Å². The number of rotatable bonds is 5. The molecule has 5 heteroatoms. The average Bonchev–Trinajstić information content (AvgIpc) is 2.75. The molecule has 0 bridgehead atoms. The number of nitrogens with zero attached hydrogens (tertiary/aromatic N) is 2. The summed E-state index contributed by atoms with van der Waals surface area (Å²) in [6, 6.07) is -0.0212. The number of ether oxygens (including phenoxy) is 1. The Morgan fingerprint density at radius 3 is 2.35 bits per heavy atom. The summed E-state index contributed by atoms with van der Waals surface area (Å²) in [7, 11) is 0. The topological polar surface area (TPSA) is 44.8 Å². The van der Waals surface area contributed by atoms with Crippen molar-refractivity contribution in [3.63, 3.8) is 0 Å². The molecule has 0 aromatic rings. The van der Waals surface area contributed by atoms with Crippen LogP contribution in [-0.4, -0.2) is 67.3 Å². The summed E-state index contributed by atoms with van der Waals surface area (Å²) in [4.78, 5) is 17.0. The molecule has 20 heavy (non-hydrogen) atoms. The molecule has 1 amide bonds. The van der Waals surface area contributed by atoms with Gasteiger partial charge in [-0.3, -0.25) is 15.0 Å². The molecule has 0 aromatic heterocycles. The van der Waals surface area contributed by atoms with Gasteiger partial charge in [0.05, 0.1) is 25.4 Å². The lowest BCUT2D eigenvalue weighted by Gasteiger charge is -2.31. The number of carbonyl (C=O) groups excluding carboxylic acids is 1. The number of hydrogen-bond acceptors (Lipinski definition) is 4. The molecule has 0 radical (unpaired) electrons. The van der Waals surface area contributed by atoms with Gasteiger partial charge in [0.2, 0.25) is 5.91 Å². The van der Waals surface area contributed by atoms with Crippen molar-refractivity contribution in [3.05, 3.63) is 0 Å². The van der Waals surface area contributed by atoms with Crippen molar-refractivity contribution >= 4 is 5.91 Å². The Morgan fingerprint density at radius 2 is 1.80 bits per heavy atom. The molecular formula is C15H29N3O2. The normalized spacial score (nSPS) is 28.9. The SMILES string of the molecule is CC(C)C1NC(C(C)C)N(CCN2CCOCC2)C1=O. The zero-order valence-electron chi connectivity index (χ0n) is 13.3. The third-order valence-corrected chi connectivity index (χ3v) is 4.29. The van der Waals surface area contributed by atoms with Gasteiger partial charge in [-0.15, -0.1) is 0 Å². The molecular weight excluding hydrogens is 254 g/mol. The van der Waals surface area contributed by atoms with E-state index in [2.05, 4.69) is 37.9 Å². The maximum Gasteiger partial charge on any atom is 0.241 e. The number of morpholine rings is 1. The van der Waals surface area contributed by atoms with E-state index in [0.717, 1.165) is 39.4 Å². The molecule has 0 aromatic carbocycles. The van der Waals surface area contributed by atoms with Gasteiger partial charge >= 0.3 is 0 Å². The first-order valence-corrected chi connectivity index (χ1v) is 7.87. The monoisotopic (exact) mass is 283 g/mol. The zero-order valence-corrected chi connectivity index (χ0v) is 13.3. The standard InChI is InChI=1S/C15H29N3O2/c1-11(2)13-15(19)18(14(16-13)12(3)4)6-5-17-7-9-20-10-8-17/h11-14,16H,5-10H2,1-4H3. The summed E-state index contributed by atoms with van der Waals surface area (Å²) in [6.07, 6.45) is 0.177. The highest BCUT2D eigenvalue weighted by Gasteiger charge is 2.41. The molecule has 0 saturated carbocycles. The number of amides is 1. The van der Waals surface area contributed by atoms with Gasteiger partial charge < -0.3 is 9.64 Å². The van der Waals surface area contributed by atoms with Gasteiger partial charge in [0, 0.05) is 26.2 Å². The summed E-state index contributed by atoms with van der Waals surface area (Å²) >= 11 is 0. The Kier molecular flexibility index (Phi) is 5.41. The van der Waals surface area contributed by atoms with Gasteiger partial charge in [0.15, 0.2) is 0 Å². The third-order valence-electron chi connectivity index (χ3n) is 4.29. The molecule has 2 aliphatic heterocycles. The molecule has 0 spiro atoms. The van der Waals surface area contributed by atoms with E-state index in [-0.39, 0.29) is 18.1 Å². The van der Waals surface area contributed by atoms with Crippen molar-refractivity contribution in [1.82, 2.24) is 15.1 Å². The van der Waals surface area contributed by atoms with Crippen molar-refractivity contribution in [2.75, 3.05) is 39.4 Å². The second-order valence-electron chi connectivity index (χ2n) is 6.56. The van der Waals surface area contributed by atoms with Crippen LogP contribution in [0.4, 0.5) is 0 Å². The molecule has 2 unspecified atom stereocenters. The molecule has 5 nitrogen and oxygen atoms in total. The fourth-order valence-corrected chi connectivity index (χ4v) is 3.01. The maximum absolute atomic E-state index is 12.6. The van der Waals surface area contributed by atoms with Crippen LogP contribution in [0.5, 0.6) is 0 Å². The predicted octanol–water partition coefficient (Wildman–Crippen LogP) is 0.757. The van der Waals surface area contributed by atoms with Gasteiger partial charge in [-0.2, -0.15) is 0 Å². The van der Waals surface area contributed by atoms with Gasteiger partial charge in [0.25, 0.3) is 0 Å². The van der Waals surface area contributed by atoms with E-state index < -0.39 is 0 Å². The van der Waals surface area contributed by atoms with E-state index in [1.807, 2.05) is 4.90 Å². The lowest BCUT2D eigenvalue weighted by Crippen LogP contribution is -2.47.